The Labute approximate surface area is 134 Å². The highest BCUT2D eigenvalue weighted by molar-refractivity contribution is 7.14. The molecule has 0 spiro atoms. The van der Waals surface area contributed by atoms with E-state index in [-0.39, 0.29) is 27.1 Å². The maximum Gasteiger partial charge on any atom is 0.341 e. The monoisotopic (exact) mass is 344 g/mol. The van der Waals surface area contributed by atoms with Crippen LogP contribution in [-0.2, 0) is 4.79 Å². The predicted octanol–water partition coefficient (Wildman–Crippen LogP) is 4.06. The number of carbonyl (C=O) groups excluding carboxylic acids is 1. The number of rotatable bonds is 5. The zero-order valence-electron chi connectivity index (χ0n) is 10.9. The van der Waals surface area contributed by atoms with Gasteiger partial charge in [-0.15, -0.1) is 11.3 Å². The summed E-state index contributed by atoms with van der Waals surface area (Å²) in [5.41, 5.74) is 0.256. The fraction of sp³-hybridized carbons (Fsp3) is 0.143. The van der Waals surface area contributed by atoms with E-state index in [0.29, 0.717) is 4.88 Å². The molecule has 7 heteroatoms. The molecule has 110 valence electrons. The molecule has 0 unspecified atom stereocenters. The highest BCUT2D eigenvalue weighted by Crippen LogP contribution is 2.36. The van der Waals surface area contributed by atoms with Gasteiger partial charge in [-0.05, 0) is 31.2 Å². The third kappa shape index (κ3) is 3.56. The van der Waals surface area contributed by atoms with Crippen molar-refractivity contribution >= 4 is 46.3 Å². The van der Waals surface area contributed by atoms with Crippen molar-refractivity contribution in [2.24, 2.45) is 0 Å². The van der Waals surface area contributed by atoms with Gasteiger partial charge in [0.2, 0.25) is 5.78 Å². The van der Waals surface area contributed by atoms with Gasteiger partial charge in [0, 0.05) is 10.4 Å². The van der Waals surface area contributed by atoms with Crippen molar-refractivity contribution in [1.82, 2.24) is 0 Å². The highest BCUT2D eigenvalue weighted by atomic mass is 35.5. The van der Waals surface area contributed by atoms with Crippen molar-refractivity contribution in [2.45, 2.75) is 6.92 Å². The van der Waals surface area contributed by atoms with Gasteiger partial charge in [0.1, 0.15) is 10.8 Å². The first-order valence-corrected chi connectivity index (χ1v) is 7.41. The molecule has 0 radical (unpaired) electrons. The molecule has 0 atom stereocenters. The smallest absolute Gasteiger partial charge is 0.341 e. The molecular weight excluding hydrogens is 335 g/mol. The van der Waals surface area contributed by atoms with Crippen LogP contribution in [-0.4, -0.2) is 23.5 Å². The quantitative estimate of drug-likeness (QED) is 0.830. The first kappa shape index (κ1) is 15.8. The molecule has 0 saturated heterocycles. The van der Waals surface area contributed by atoms with Gasteiger partial charge in [0.05, 0.1) is 9.90 Å². The van der Waals surface area contributed by atoms with Crippen molar-refractivity contribution in [1.29, 1.82) is 0 Å². The third-order valence-corrected chi connectivity index (χ3v) is 4.47. The van der Waals surface area contributed by atoms with Crippen LogP contribution in [0.2, 0.25) is 10.0 Å². The molecule has 0 amide bonds. The van der Waals surface area contributed by atoms with Crippen LogP contribution >= 0.6 is 34.5 Å². The van der Waals surface area contributed by atoms with Gasteiger partial charge in [0.25, 0.3) is 0 Å². The van der Waals surface area contributed by atoms with Gasteiger partial charge in [0.15, 0.2) is 6.61 Å². The lowest BCUT2D eigenvalue weighted by molar-refractivity contribution is -0.139. The van der Waals surface area contributed by atoms with Crippen LogP contribution in [0.1, 0.15) is 20.1 Å². The number of ether oxygens (including phenoxy) is 1. The van der Waals surface area contributed by atoms with Crippen LogP contribution in [0.15, 0.2) is 24.3 Å². The Morgan fingerprint density at radius 1 is 1.19 bits per heavy atom. The molecular formula is C14H10Cl2O4S. The molecule has 1 aromatic heterocycles. The van der Waals surface area contributed by atoms with Crippen LogP contribution in [0.25, 0.3) is 0 Å². The fourth-order valence-electron chi connectivity index (χ4n) is 1.65. The molecule has 0 bridgehead atoms. The molecule has 21 heavy (non-hydrogen) atoms. The summed E-state index contributed by atoms with van der Waals surface area (Å²) >= 11 is 13.5. The summed E-state index contributed by atoms with van der Waals surface area (Å²) in [7, 11) is 0. The Balaban J connectivity index is 2.32. The van der Waals surface area contributed by atoms with Gasteiger partial charge in [-0.25, -0.2) is 4.79 Å². The number of benzene rings is 1. The van der Waals surface area contributed by atoms with Gasteiger partial charge in [-0.1, -0.05) is 23.2 Å². The zero-order chi connectivity index (χ0) is 15.6. The Hall–Kier alpha value is -1.56. The van der Waals surface area contributed by atoms with Gasteiger partial charge in [-0.3, -0.25) is 4.79 Å². The molecule has 0 saturated carbocycles. The number of carboxylic acid groups (broad SMARTS) is 1. The number of carbonyl (C=O) groups is 2. The van der Waals surface area contributed by atoms with E-state index in [2.05, 4.69) is 0 Å². The van der Waals surface area contributed by atoms with Gasteiger partial charge < -0.3 is 9.84 Å². The lowest BCUT2D eigenvalue weighted by Crippen LogP contribution is -2.10. The number of carboxylic acids is 1. The van der Waals surface area contributed by atoms with Crippen molar-refractivity contribution in [3.63, 3.8) is 0 Å². The number of aryl methyl sites for hydroxylation is 1. The Bertz CT molecular complexity index is 709. The first-order valence-electron chi connectivity index (χ1n) is 5.84. The summed E-state index contributed by atoms with van der Waals surface area (Å²) in [6.07, 6.45) is 0. The van der Waals surface area contributed by atoms with Crippen molar-refractivity contribution in [3.05, 3.63) is 49.6 Å². The number of aliphatic carboxylic acids is 1. The SMILES string of the molecule is Cc1ccc(C(=O)c2ccc(OCC(=O)O)c(Cl)c2Cl)s1. The molecule has 2 rings (SSSR count). The number of hydrogen-bond donors (Lipinski definition) is 1. The second kappa shape index (κ2) is 6.47. The Morgan fingerprint density at radius 2 is 1.90 bits per heavy atom. The lowest BCUT2D eigenvalue weighted by Gasteiger charge is -2.09. The number of halogens is 2. The van der Waals surface area contributed by atoms with Crippen molar-refractivity contribution in [2.75, 3.05) is 6.61 Å². The second-order valence-electron chi connectivity index (χ2n) is 4.16. The Morgan fingerprint density at radius 3 is 2.48 bits per heavy atom. The molecule has 4 nitrogen and oxygen atoms in total. The molecule has 1 heterocycles. The molecule has 1 aromatic carbocycles. The summed E-state index contributed by atoms with van der Waals surface area (Å²) in [6.45, 7) is 1.37. The predicted molar refractivity (Wildman–Crippen MR) is 82.1 cm³/mol. The van der Waals surface area contributed by atoms with E-state index in [1.165, 1.54) is 23.5 Å². The summed E-state index contributed by atoms with van der Waals surface area (Å²) in [4.78, 5) is 24.4. The van der Waals surface area contributed by atoms with E-state index in [1.807, 2.05) is 13.0 Å². The van der Waals surface area contributed by atoms with E-state index in [4.69, 9.17) is 33.0 Å². The van der Waals surface area contributed by atoms with Gasteiger partial charge >= 0.3 is 5.97 Å². The molecule has 1 N–H and O–H groups in total. The van der Waals surface area contributed by atoms with Crippen LogP contribution in [0.3, 0.4) is 0 Å². The summed E-state index contributed by atoms with van der Waals surface area (Å²) in [5.74, 6) is -1.23. The second-order valence-corrected chi connectivity index (χ2v) is 6.20. The number of ketones is 1. The molecule has 0 aliphatic rings. The van der Waals surface area contributed by atoms with Crippen LogP contribution in [0, 0.1) is 6.92 Å². The fourth-order valence-corrected chi connectivity index (χ4v) is 2.93. The van der Waals surface area contributed by atoms with Crippen LogP contribution in [0.4, 0.5) is 0 Å². The molecule has 0 fully saturated rings. The molecule has 2 aromatic rings. The van der Waals surface area contributed by atoms with Crippen LogP contribution < -0.4 is 4.74 Å². The van der Waals surface area contributed by atoms with E-state index in [1.54, 1.807) is 6.07 Å². The van der Waals surface area contributed by atoms with Crippen molar-refractivity contribution < 1.29 is 19.4 Å². The zero-order valence-corrected chi connectivity index (χ0v) is 13.2. The maximum absolute atomic E-state index is 12.3. The standard InChI is InChI=1S/C14H10Cl2O4S/c1-7-2-5-10(21-7)14(19)8-3-4-9(13(16)12(8)15)20-6-11(17)18/h2-5H,6H2,1H3,(H,17,18). The minimum Gasteiger partial charge on any atom is -0.480 e. The maximum atomic E-state index is 12.3. The normalized spacial score (nSPS) is 10.4. The summed E-state index contributed by atoms with van der Waals surface area (Å²) < 4.78 is 5.00. The summed E-state index contributed by atoms with van der Waals surface area (Å²) in [5, 5.41) is 8.65. The summed E-state index contributed by atoms with van der Waals surface area (Å²) in [6, 6.07) is 6.48. The van der Waals surface area contributed by atoms with E-state index < -0.39 is 12.6 Å². The number of thiophene rings is 1. The first-order chi connectivity index (χ1) is 9.90. The van der Waals surface area contributed by atoms with E-state index in [9.17, 15) is 9.59 Å². The minimum atomic E-state index is -1.13. The van der Waals surface area contributed by atoms with E-state index >= 15 is 0 Å². The van der Waals surface area contributed by atoms with E-state index in [0.717, 1.165) is 4.88 Å². The topological polar surface area (TPSA) is 63.6 Å². The molecule has 0 aliphatic heterocycles. The largest absolute Gasteiger partial charge is 0.480 e. The van der Waals surface area contributed by atoms with Crippen molar-refractivity contribution in [3.8, 4) is 5.75 Å². The number of hydrogen-bond acceptors (Lipinski definition) is 4. The molecule has 0 aliphatic carbocycles. The van der Waals surface area contributed by atoms with Gasteiger partial charge in [-0.2, -0.15) is 0 Å². The van der Waals surface area contributed by atoms with Crippen LogP contribution in [0.5, 0.6) is 5.75 Å². The highest BCUT2D eigenvalue weighted by Gasteiger charge is 2.19. The third-order valence-electron chi connectivity index (χ3n) is 2.61. The lowest BCUT2D eigenvalue weighted by atomic mass is 10.1. The average Bonchev–Trinajstić information content (AvgIpc) is 2.86. The minimum absolute atomic E-state index is 0.0250. The Kier molecular flexibility index (Phi) is 4.88. The average molecular weight is 345 g/mol.